The van der Waals surface area contributed by atoms with Gasteiger partial charge in [-0.2, -0.15) is 0 Å². The van der Waals surface area contributed by atoms with Gasteiger partial charge in [-0.1, -0.05) is 32.4 Å². The largest absolute Gasteiger partial charge is 0.395 e. The predicted octanol–water partition coefficient (Wildman–Crippen LogP) is 2.68. The molecule has 2 bridgehead atoms. The van der Waals surface area contributed by atoms with E-state index in [1.807, 2.05) is 0 Å². The second kappa shape index (κ2) is 5.11. The van der Waals surface area contributed by atoms with Crippen molar-refractivity contribution in [3.8, 4) is 0 Å². The normalized spacial score (nSPS) is 30.1. The monoisotopic (exact) mass is 237 g/mol. The minimum absolute atomic E-state index is 0.282. The van der Waals surface area contributed by atoms with E-state index < -0.39 is 0 Å². The van der Waals surface area contributed by atoms with Crippen LogP contribution in [0.3, 0.4) is 0 Å². The number of hydrogen-bond acceptors (Lipinski definition) is 2. The van der Waals surface area contributed by atoms with Crippen molar-refractivity contribution in [2.24, 2.45) is 17.3 Å². The number of nitrogens with zero attached hydrogens (tertiary/aromatic N) is 1. The third-order valence-corrected chi connectivity index (χ3v) is 4.94. The Labute approximate surface area is 106 Å². The lowest BCUT2D eigenvalue weighted by Crippen LogP contribution is -2.50. The summed E-state index contributed by atoms with van der Waals surface area (Å²) in [5.41, 5.74) is 2.17. The van der Waals surface area contributed by atoms with Crippen LogP contribution >= 0.6 is 0 Å². The molecule has 0 aromatic heterocycles. The van der Waals surface area contributed by atoms with Crippen LogP contribution in [-0.4, -0.2) is 36.2 Å². The molecule has 0 saturated heterocycles. The molecule has 0 spiro atoms. The Bertz CT molecular complexity index is 289. The van der Waals surface area contributed by atoms with Gasteiger partial charge in [0.05, 0.1) is 6.61 Å². The van der Waals surface area contributed by atoms with Gasteiger partial charge in [0.25, 0.3) is 0 Å². The van der Waals surface area contributed by atoms with E-state index in [0.717, 1.165) is 31.5 Å². The molecule has 1 N–H and O–H groups in total. The summed E-state index contributed by atoms with van der Waals surface area (Å²) in [6.07, 6.45) is 6.32. The maximum absolute atomic E-state index is 9.11. The highest BCUT2D eigenvalue weighted by molar-refractivity contribution is 5.24. The van der Waals surface area contributed by atoms with Crippen LogP contribution in [0, 0.1) is 17.3 Å². The number of aliphatic hydroxyl groups excluding tert-OH is 1. The zero-order chi connectivity index (χ0) is 12.5. The smallest absolute Gasteiger partial charge is 0.0558 e. The van der Waals surface area contributed by atoms with Crippen molar-refractivity contribution in [3.63, 3.8) is 0 Å². The minimum atomic E-state index is 0.282. The van der Waals surface area contributed by atoms with Gasteiger partial charge in [-0.15, -0.1) is 0 Å². The molecule has 0 aliphatic heterocycles. The van der Waals surface area contributed by atoms with Gasteiger partial charge in [0.2, 0.25) is 0 Å². The van der Waals surface area contributed by atoms with Crippen molar-refractivity contribution in [2.75, 3.05) is 26.2 Å². The van der Waals surface area contributed by atoms with E-state index >= 15 is 0 Å². The van der Waals surface area contributed by atoms with Gasteiger partial charge < -0.3 is 5.11 Å². The molecule has 0 radical (unpaired) electrons. The first kappa shape index (κ1) is 13.1. The summed E-state index contributed by atoms with van der Waals surface area (Å²) in [4.78, 5) is 2.40. The van der Waals surface area contributed by atoms with Crippen LogP contribution in [0.4, 0.5) is 0 Å². The van der Waals surface area contributed by atoms with Gasteiger partial charge in [-0.25, -0.2) is 0 Å². The van der Waals surface area contributed by atoms with Crippen LogP contribution < -0.4 is 0 Å². The highest BCUT2D eigenvalue weighted by Gasteiger charge is 2.50. The standard InChI is InChI=1S/C15H27NO/c1-4-7-16(8-9-17)11-12-5-6-13-10-14(12)15(13,2)3/h5,13-14,17H,4,6-11H2,1-3H3/t13-,14-/m0/s1. The third kappa shape index (κ3) is 2.43. The van der Waals surface area contributed by atoms with E-state index in [0.29, 0.717) is 5.41 Å². The molecule has 2 atom stereocenters. The first-order chi connectivity index (χ1) is 8.09. The summed E-state index contributed by atoms with van der Waals surface area (Å²) in [7, 11) is 0. The van der Waals surface area contributed by atoms with Gasteiger partial charge in [-0.05, 0) is 43.1 Å². The van der Waals surface area contributed by atoms with E-state index in [1.54, 1.807) is 5.57 Å². The van der Waals surface area contributed by atoms with Crippen molar-refractivity contribution in [1.82, 2.24) is 4.90 Å². The second-order valence-electron chi connectivity index (χ2n) is 6.32. The summed E-state index contributed by atoms with van der Waals surface area (Å²) >= 11 is 0. The summed E-state index contributed by atoms with van der Waals surface area (Å²) < 4.78 is 0. The first-order valence-corrected chi connectivity index (χ1v) is 7.11. The number of fused-ring (bicyclic) bond motifs is 1. The summed E-state index contributed by atoms with van der Waals surface area (Å²) in [6.45, 7) is 10.3. The van der Waals surface area contributed by atoms with Gasteiger partial charge in [0.1, 0.15) is 0 Å². The summed E-state index contributed by atoms with van der Waals surface area (Å²) in [5.74, 6) is 1.73. The zero-order valence-corrected chi connectivity index (χ0v) is 11.6. The van der Waals surface area contributed by atoms with Gasteiger partial charge >= 0.3 is 0 Å². The van der Waals surface area contributed by atoms with Gasteiger partial charge in [0, 0.05) is 13.1 Å². The molecule has 1 saturated carbocycles. The molecule has 3 rings (SSSR count). The van der Waals surface area contributed by atoms with E-state index in [2.05, 4.69) is 31.7 Å². The maximum Gasteiger partial charge on any atom is 0.0558 e. The topological polar surface area (TPSA) is 23.5 Å². The average molecular weight is 237 g/mol. The molecule has 2 heteroatoms. The molecule has 2 nitrogen and oxygen atoms in total. The molecule has 0 unspecified atom stereocenters. The number of aliphatic hydroxyl groups is 1. The zero-order valence-electron chi connectivity index (χ0n) is 11.6. The van der Waals surface area contributed by atoms with E-state index in [1.165, 1.54) is 19.3 Å². The van der Waals surface area contributed by atoms with Crippen LogP contribution in [-0.2, 0) is 0 Å². The van der Waals surface area contributed by atoms with Gasteiger partial charge in [-0.3, -0.25) is 4.90 Å². The molecule has 0 aromatic carbocycles. The SMILES string of the molecule is CCCN(CCO)CC1=CC[C@H]2C[C@@H]1C2(C)C. The fraction of sp³-hybridized carbons (Fsp3) is 0.867. The van der Waals surface area contributed by atoms with Crippen LogP contribution in [0.15, 0.2) is 11.6 Å². The molecule has 0 heterocycles. The predicted molar refractivity (Wildman–Crippen MR) is 71.9 cm³/mol. The van der Waals surface area contributed by atoms with Crippen LogP contribution in [0.1, 0.15) is 40.0 Å². The highest BCUT2D eigenvalue weighted by Crippen LogP contribution is 2.59. The lowest BCUT2D eigenvalue weighted by atomic mass is 9.49. The van der Waals surface area contributed by atoms with Crippen molar-refractivity contribution >= 4 is 0 Å². The Balaban J connectivity index is 1.96. The average Bonchev–Trinajstić information content (AvgIpc) is 2.29. The number of rotatable bonds is 6. The fourth-order valence-electron chi connectivity index (χ4n) is 3.64. The molecular weight excluding hydrogens is 210 g/mol. The quantitative estimate of drug-likeness (QED) is 0.718. The van der Waals surface area contributed by atoms with Crippen LogP contribution in [0.2, 0.25) is 0 Å². The molecule has 98 valence electrons. The van der Waals surface area contributed by atoms with Gasteiger partial charge in [0.15, 0.2) is 0 Å². The number of allylic oxidation sites excluding steroid dienone is 1. The Kier molecular flexibility index (Phi) is 3.94. The Morgan fingerprint density at radius 3 is 2.71 bits per heavy atom. The highest BCUT2D eigenvalue weighted by atomic mass is 16.3. The summed E-state index contributed by atoms with van der Waals surface area (Å²) in [5, 5.41) is 9.11. The van der Waals surface area contributed by atoms with Crippen LogP contribution in [0.25, 0.3) is 0 Å². The minimum Gasteiger partial charge on any atom is -0.395 e. The Hall–Kier alpha value is -0.340. The van der Waals surface area contributed by atoms with Crippen molar-refractivity contribution in [2.45, 2.75) is 40.0 Å². The van der Waals surface area contributed by atoms with E-state index in [4.69, 9.17) is 5.11 Å². The molecule has 17 heavy (non-hydrogen) atoms. The second-order valence-corrected chi connectivity index (χ2v) is 6.32. The van der Waals surface area contributed by atoms with Crippen molar-refractivity contribution in [1.29, 1.82) is 0 Å². The maximum atomic E-state index is 9.11. The Morgan fingerprint density at radius 1 is 1.41 bits per heavy atom. The molecule has 3 aliphatic carbocycles. The Morgan fingerprint density at radius 2 is 2.18 bits per heavy atom. The number of hydrogen-bond donors (Lipinski definition) is 1. The third-order valence-electron chi connectivity index (χ3n) is 4.94. The first-order valence-electron chi connectivity index (χ1n) is 7.11. The molecule has 0 aromatic rings. The molecule has 1 fully saturated rings. The fourth-order valence-corrected chi connectivity index (χ4v) is 3.64. The van der Waals surface area contributed by atoms with E-state index in [9.17, 15) is 0 Å². The van der Waals surface area contributed by atoms with E-state index in [-0.39, 0.29) is 6.61 Å². The molecule has 0 amide bonds. The molecular formula is C15H27NO. The van der Waals surface area contributed by atoms with Crippen molar-refractivity contribution in [3.05, 3.63) is 11.6 Å². The van der Waals surface area contributed by atoms with Crippen molar-refractivity contribution < 1.29 is 5.11 Å². The van der Waals surface area contributed by atoms with Crippen LogP contribution in [0.5, 0.6) is 0 Å². The lowest BCUT2D eigenvalue weighted by molar-refractivity contribution is -0.0110. The summed E-state index contributed by atoms with van der Waals surface area (Å²) in [6, 6.07) is 0. The lowest BCUT2D eigenvalue weighted by Gasteiger charge is -2.57. The molecule has 3 aliphatic rings.